The first-order chi connectivity index (χ1) is 21.0. The molecule has 3 atom stereocenters. The average Bonchev–Trinajstić information content (AvgIpc) is 3.57. The number of hydrogen-bond donors (Lipinski definition) is 2. The van der Waals surface area contributed by atoms with E-state index >= 15 is 0 Å². The van der Waals surface area contributed by atoms with E-state index in [0.29, 0.717) is 11.7 Å². The fourth-order valence-electron chi connectivity index (χ4n) is 6.51. The van der Waals surface area contributed by atoms with Crippen LogP contribution in [0.4, 0.5) is 16.6 Å². The summed E-state index contributed by atoms with van der Waals surface area (Å²) in [5, 5.41) is 19.8. The van der Waals surface area contributed by atoms with Crippen LogP contribution in [0.5, 0.6) is 5.75 Å². The zero-order valence-electron chi connectivity index (χ0n) is 26.7. The largest absolute Gasteiger partial charge is 0.484 e. The molecule has 2 aliphatic rings. The number of rotatable bonds is 7. The number of carbonyl (C=O) groups is 1. The van der Waals surface area contributed by atoms with Crippen molar-refractivity contribution in [3.8, 4) is 5.75 Å². The van der Waals surface area contributed by atoms with Crippen LogP contribution >= 0.6 is 0 Å². The van der Waals surface area contributed by atoms with Crippen LogP contribution in [0.1, 0.15) is 75.4 Å². The first-order valence-corrected chi connectivity index (χ1v) is 15.7. The number of nitrogens with zero attached hydrogens (tertiary/aromatic N) is 7. The smallest absolute Gasteiger partial charge is 0.320 e. The number of amides is 2. The number of anilines is 2. The van der Waals surface area contributed by atoms with E-state index in [1.54, 1.807) is 4.68 Å². The lowest BCUT2D eigenvalue weighted by atomic mass is 9.85. The molecule has 0 spiro atoms. The van der Waals surface area contributed by atoms with Crippen molar-refractivity contribution >= 4 is 23.4 Å². The Kier molecular flexibility index (Phi) is 8.24. The molecule has 44 heavy (non-hydrogen) atoms. The van der Waals surface area contributed by atoms with Gasteiger partial charge in [0.15, 0.2) is 5.65 Å². The number of hydrogen-bond acceptors (Lipinski definition) is 7. The summed E-state index contributed by atoms with van der Waals surface area (Å²) in [5.74, 6) is 2.92. The second-order valence-corrected chi connectivity index (χ2v) is 13.6. The molecule has 1 aromatic carbocycles. The molecule has 6 rings (SSSR count). The minimum Gasteiger partial charge on any atom is -0.484 e. The summed E-state index contributed by atoms with van der Waals surface area (Å²) < 4.78 is 10.4. The van der Waals surface area contributed by atoms with E-state index in [0.717, 1.165) is 73.1 Å². The highest BCUT2D eigenvalue weighted by Gasteiger charge is 2.30. The Labute approximate surface area is 259 Å². The average molecular weight is 600 g/mol. The fourth-order valence-corrected chi connectivity index (χ4v) is 6.51. The van der Waals surface area contributed by atoms with Crippen LogP contribution in [-0.4, -0.2) is 69.0 Å². The van der Waals surface area contributed by atoms with Gasteiger partial charge in [-0.25, -0.2) is 4.79 Å². The van der Waals surface area contributed by atoms with Crippen molar-refractivity contribution in [1.82, 2.24) is 34.6 Å². The van der Waals surface area contributed by atoms with Crippen molar-refractivity contribution in [2.24, 2.45) is 13.0 Å². The van der Waals surface area contributed by atoms with Gasteiger partial charge in [-0.2, -0.15) is 5.10 Å². The van der Waals surface area contributed by atoms with E-state index in [1.807, 2.05) is 43.6 Å². The first-order valence-electron chi connectivity index (χ1n) is 15.7. The minimum atomic E-state index is -0.247. The van der Waals surface area contributed by atoms with Crippen molar-refractivity contribution in [3.05, 3.63) is 65.5 Å². The molecular formula is C33H45N9O2. The summed E-state index contributed by atoms with van der Waals surface area (Å²) in [6, 6.07) is 13.7. The Morgan fingerprint density at radius 1 is 1.07 bits per heavy atom. The molecule has 1 fully saturated rings. The van der Waals surface area contributed by atoms with E-state index < -0.39 is 0 Å². The van der Waals surface area contributed by atoms with Crippen LogP contribution < -0.4 is 20.3 Å². The van der Waals surface area contributed by atoms with Gasteiger partial charge in [-0.3, -0.25) is 14.4 Å². The second-order valence-electron chi connectivity index (χ2n) is 13.6. The molecule has 2 amide bonds. The van der Waals surface area contributed by atoms with E-state index in [1.165, 1.54) is 6.42 Å². The molecule has 3 aromatic heterocycles. The molecule has 11 heteroatoms. The van der Waals surface area contributed by atoms with Crippen LogP contribution in [0, 0.1) is 5.92 Å². The number of aromatic nitrogens is 5. The number of benzene rings is 1. The van der Waals surface area contributed by atoms with Crippen molar-refractivity contribution in [2.45, 2.75) is 64.0 Å². The molecule has 0 radical (unpaired) electrons. The third kappa shape index (κ3) is 6.38. The van der Waals surface area contributed by atoms with Gasteiger partial charge >= 0.3 is 6.03 Å². The summed E-state index contributed by atoms with van der Waals surface area (Å²) in [5.41, 5.74) is 3.80. The van der Waals surface area contributed by atoms with Crippen LogP contribution in [0.2, 0.25) is 0 Å². The number of fused-ring (bicyclic) bond motifs is 2. The lowest BCUT2D eigenvalue weighted by molar-refractivity contribution is 0.171. The highest BCUT2D eigenvalue weighted by molar-refractivity contribution is 5.88. The van der Waals surface area contributed by atoms with Crippen LogP contribution in [0.3, 0.4) is 0 Å². The van der Waals surface area contributed by atoms with Crippen molar-refractivity contribution < 1.29 is 9.53 Å². The molecule has 2 N–H and O–H groups in total. The van der Waals surface area contributed by atoms with Crippen molar-refractivity contribution in [3.63, 3.8) is 0 Å². The zero-order chi connectivity index (χ0) is 31.0. The van der Waals surface area contributed by atoms with Crippen LogP contribution in [-0.2, 0) is 12.5 Å². The standard InChI is InChI=1S/C33H45N9O2/c1-33(2,3)28-18-30(40(6)38-28)35-31(43)34-26-14-15-27(25-12-8-7-11-24(25)26)44-23-13-16-29-36-37-32(42(29)21-23)41-17-9-10-22(20-41)19-39(4)5/h7-8,11-13,16,18,21-22,26-27H,9-10,14-15,17,19-20H2,1-6H3,(H2,34,35,43)/t22?,26-,27+/m0/s1. The molecule has 4 aromatic rings. The second kappa shape index (κ2) is 12.1. The topological polar surface area (TPSA) is 105 Å². The summed E-state index contributed by atoms with van der Waals surface area (Å²) in [6.45, 7) is 9.34. The Morgan fingerprint density at radius 3 is 2.61 bits per heavy atom. The SMILES string of the molecule is CN(C)CC1CCCN(c2nnc3ccc(O[C@@H]4CC[C@H](NC(=O)Nc5cc(C(C)(C)C)nn5C)c5ccccc54)cn23)C1. The number of urea groups is 1. The molecule has 234 valence electrons. The molecule has 1 aliphatic carbocycles. The fraction of sp³-hybridized carbons (Fsp3) is 0.515. The number of piperidine rings is 1. The number of aryl methyl sites for hydroxylation is 1. The quantitative estimate of drug-likeness (QED) is 0.297. The first kappa shape index (κ1) is 29.9. The van der Waals surface area contributed by atoms with Gasteiger partial charge in [0, 0.05) is 38.2 Å². The summed E-state index contributed by atoms with van der Waals surface area (Å²) >= 11 is 0. The molecular weight excluding hydrogens is 554 g/mol. The van der Waals surface area contributed by atoms with Gasteiger partial charge in [-0.15, -0.1) is 10.2 Å². The Bertz CT molecular complexity index is 1620. The third-order valence-corrected chi connectivity index (χ3v) is 8.69. The van der Waals surface area contributed by atoms with E-state index in [4.69, 9.17) is 4.74 Å². The predicted octanol–water partition coefficient (Wildman–Crippen LogP) is 5.32. The van der Waals surface area contributed by atoms with E-state index in [-0.39, 0.29) is 23.6 Å². The number of carbonyl (C=O) groups excluding carboxylic acids is 1. The normalized spacial score (nSPS) is 20.5. The Hall–Kier alpha value is -4.12. The van der Waals surface area contributed by atoms with Gasteiger partial charge in [0.2, 0.25) is 5.95 Å². The summed E-state index contributed by atoms with van der Waals surface area (Å²) in [4.78, 5) is 17.7. The molecule has 11 nitrogen and oxygen atoms in total. The molecule has 4 heterocycles. The van der Waals surface area contributed by atoms with Crippen molar-refractivity contribution in [2.75, 3.05) is 43.9 Å². The van der Waals surface area contributed by atoms with Gasteiger partial charge in [0.1, 0.15) is 17.7 Å². The van der Waals surface area contributed by atoms with Gasteiger partial charge in [-0.05, 0) is 69.0 Å². The maximum absolute atomic E-state index is 13.1. The molecule has 1 aliphatic heterocycles. The Balaban J connectivity index is 1.16. The van der Waals surface area contributed by atoms with Gasteiger partial charge in [0.25, 0.3) is 0 Å². The highest BCUT2D eigenvalue weighted by Crippen LogP contribution is 2.39. The van der Waals surface area contributed by atoms with E-state index in [2.05, 4.69) is 87.1 Å². The number of nitrogens with one attached hydrogen (secondary N) is 2. The summed E-state index contributed by atoms with van der Waals surface area (Å²) in [7, 11) is 6.11. The van der Waals surface area contributed by atoms with Crippen LogP contribution in [0.15, 0.2) is 48.7 Å². The van der Waals surface area contributed by atoms with Crippen molar-refractivity contribution in [1.29, 1.82) is 0 Å². The molecule has 1 saturated heterocycles. The summed E-state index contributed by atoms with van der Waals surface area (Å²) in [6.07, 6.45) is 5.80. The minimum absolute atomic E-state index is 0.103. The lowest BCUT2D eigenvalue weighted by Crippen LogP contribution is -2.40. The highest BCUT2D eigenvalue weighted by atomic mass is 16.5. The Morgan fingerprint density at radius 2 is 1.86 bits per heavy atom. The third-order valence-electron chi connectivity index (χ3n) is 8.69. The van der Waals surface area contributed by atoms with Gasteiger partial charge in [-0.1, -0.05) is 45.0 Å². The predicted molar refractivity (Wildman–Crippen MR) is 172 cm³/mol. The van der Waals surface area contributed by atoms with Crippen LogP contribution in [0.25, 0.3) is 5.65 Å². The maximum Gasteiger partial charge on any atom is 0.320 e. The van der Waals surface area contributed by atoms with Gasteiger partial charge < -0.3 is 19.9 Å². The monoisotopic (exact) mass is 599 g/mol. The number of pyridine rings is 1. The molecule has 0 saturated carbocycles. The maximum atomic E-state index is 13.1. The molecule has 0 bridgehead atoms. The molecule has 1 unspecified atom stereocenters. The lowest BCUT2D eigenvalue weighted by Gasteiger charge is -2.34. The zero-order valence-corrected chi connectivity index (χ0v) is 26.7. The van der Waals surface area contributed by atoms with E-state index in [9.17, 15) is 4.79 Å². The number of ether oxygens (including phenoxy) is 1. The van der Waals surface area contributed by atoms with Gasteiger partial charge in [0.05, 0.1) is 17.9 Å².